The topological polar surface area (TPSA) is 212 Å². The maximum Gasteiger partial charge on any atom is 0.408 e. The number of benzene rings is 1. The molecule has 1 aromatic carbocycles. The summed E-state index contributed by atoms with van der Waals surface area (Å²) in [5, 5.41) is 6.78. The molecule has 18 heteroatoms. The lowest BCUT2D eigenvalue weighted by Gasteiger charge is -2.30. The summed E-state index contributed by atoms with van der Waals surface area (Å²) in [7, 11) is -2.72. The van der Waals surface area contributed by atoms with Gasteiger partial charge in [-0.05, 0) is 62.1 Å². The first-order valence-corrected chi connectivity index (χ1v) is 21.7. The third-order valence-electron chi connectivity index (χ3n) is 11.3. The van der Waals surface area contributed by atoms with Crippen molar-refractivity contribution in [3.05, 3.63) is 53.9 Å². The molecule has 3 saturated carbocycles. The molecule has 302 valence electrons. The van der Waals surface area contributed by atoms with Gasteiger partial charge in [-0.3, -0.25) is 19.1 Å². The van der Waals surface area contributed by atoms with Crippen molar-refractivity contribution in [3.63, 3.8) is 0 Å². The number of hydrogen-bond acceptors (Lipinski definition) is 13. The number of nitrogens with zero attached hydrogens (tertiary/aromatic N) is 3. The van der Waals surface area contributed by atoms with Gasteiger partial charge in [-0.25, -0.2) is 28.0 Å². The lowest BCUT2D eigenvalue weighted by atomic mass is 10.0. The Morgan fingerprint density at radius 1 is 1.00 bits per heavy atom. The molecule has 3 aromatic rings. The Morgan fingerprint density at radius 3 is 2.47 bits per heavy atom. The van der Waals surface area contributed by atoms with E-state index in [9.17, 15) is 32.4 Å². The summed E-state index contributed by atoms with van der Waals surface area (Å²) in [6.45, 7) is -0.0901. The monoisotopic (exact) mass is 820 g/mol. The molecule has 5 atom stereocenters. The summed E-state index contributed by atoms with van der Waals surface area (Å²) < 4.78 is 44.8. The Balaban J connectivity index is 1.11. The predicted octanol–water partition coefficient (Wildman–Crippen LogP) is 3.51. The quantitative estimate of drug-likeness (QED) is 0.209. The Labute approximate surface area is 333 Å². The highest BCUT2D eigenvalue weighted by Crippen LogP contribution is 2.46. The highest BCUT2D eigenvalue weighted by atomic mass is 32.2. The van der Waals surface area contributed by atoms with E-state index in [0.29, 0.717) is 48.8 Å². The number of hydrogen-bond donors (Lipinski definition) is 3. The van der Waals surface area contributed by atoms with E-state index in [1.54, 1.807) is 6.07 Å². The molecule has 4 fully saturated rings. The summed E-state index contributed by atoms with van der Waals surface area (Å²) in [6.07, 6.45) is 6.50. The van der Waals surface area contributed by atoms with Crippen LogP contribution in [-0.4, -0.2) is 101 Å². The van der Waals surface area contributed by atoms with Gasteiger partial charge in [0.05, 0.1) is 34.8 Å². The molecule has 2 aliphatic heterocycles. The number of rotatable bonds is 9. The van der Waals surface area contributed by atoms with Crippen LogP contribution in [-0.2, 0) is 38.7 Å². The predicted molar refractivity (Wildman–Crippen MR) is 206 cm³/mol. The zero-order valence-corrected chi connectivity index (χ0v) is 32.9. The molecule has 3 aliphatic carbocycles. The van der Waals surface area contributed by atoms with Gasteiger partial charge in [-0.1, -0.05) is 43.2 Å². The minimum absolute atomic E-state index is 0.0167. The van der Waals surface area contributed by atoms with Gasteiger partial charge in [0.25, 0.3) is 5.91 Å². The van der Waals surface area contributed by atoms with Crippen LogP contribution in [0.15, 0.2) is 53.9 Å². The Hall–Kier alpha value is -5.10. The molecule has 0 spiro atoms. The maximum absolute atomic E-state index is 14.6. The van der Waals surface area contributed by atoms with Gasteiger partial charge in [0.2, 0.25) is 33.3 Å². The van der Waals surface area contributed by atoms with Crippen molar-refractivity contribution in [3.8, 4) is 16.5 Å². The van der Waals surface area contributed by atoms with Crippen LogP contribution in [0.5, 0.6) is 5.88 Å². The fourth-order valence-electron chi connectivity index (χ4n) is 7.64. The minimum atomic E-state index is -3.93. The molecule has 5 aliphatic rings. The van der Waals surface area contributed by atoms with Gasteiger partial charge < -0.3 is 29.7 Å². The number of ether oxygens (including phenoxy) is 3. The largest absolute Gasteiger partial charge is 0.471 e. The van der Waals surface area contributed by atoms with Gasteiger partial charge in [0.15, 0.2) is 0 Å². The summed E-state index contributed by atoms with van der Waals surface area (Å²) in [4.78, 5) is 80.3. The molecule has 0 bridgehead atoms. The average molecular weight is 821 g/mol. The first-order valence-electron chi connectivity index (χ1n) is 19.3. The number of thiophene rings is 1. The van der Waals surface area contributed by atoms with Gasteiger partial charge in [0.1, 0.15) is 29.4 Å². The van der Waals surface area contributed by atoms with E-state index in [-0.39, 0.29) is 44.5 Å². The number of para-hydroxylation sites is 2. The van der Waals surface area contributed by atoms with Crippen molar-refractivity contribution in [2.45, 2.75) is 105 Å². The van der Waals surface area contributed by atoms with Crippen LogP contribution in [0.4, 0.5) is 4.79 Å². The first-order chi connectivity index (χ1) is 27.4. The number of carbonyl (C=O) groups is 5. The number of esters is 1. The van der Waals surface area contributed by atoms with Crippen molar-refractivity contribution in [2.24, 2.45) is 5.92 Å². The molecular formula is C39H44N6O10S2. The van der Waals surface area contributed by atoms with Crippen LogP contribution in [0.3, 0.4) is 0 Å². The third kappa shape index (κ3) is 8.06. The molecule has 4 heterocycles. The van der Waals surface area contributed by atoms with Gasteiger partial charge in [0, 0.05) is 25.2 Å². The summed E-state index contributed by atoms with van der Waals surface area (Å²) in [5.74, 6) is -3.02. The summed E-state index contributed by atoms with van der Waals surface area (Å²) >= 11 is 1.45. The van der Waals surface area contributed by atoms with E-state index in [0.717, 1.165) is 11.3 Å². The summed E-state index contributed by atoms with van der Waals surface area (Å²) in [6, 6.07) is 8.78. The Kier molecular flexibility index (Phi) is 10.4. The molecule has 0 radical (unpaired) electrons. The van der Waals surface area contributed by atoms with Crippen LogP contribution in [0.2, 0.25) is 0 Å². The highest BCUT2D eigenvalue weighted by molar-refractivity contribution is 7.91. The Bertz CT molecular complexity index is 2220. The van der Waals surface area contributed by atoms with Gasteiger partial charge >= 0.3 is 12.1 Å². The van der Waals surface area contributed by atoms with E-state index in [2.05, 4.69) is 15.4 Å². The van der Waals surface area contributed by atoms with E-state index in [1.165, 1.54) is 23.3 Å². The smallest absolute Gasteiger partial charge is 0.408 e. The van der Waals surface area contributed by atoms with Gasteiger partial charge in [-0.15, -0.1) is 11.3 Å². The number of aromatic nitrogens is 2. The molecular weight excluding hydrogens is 777 g/mol. The molecule has 4 amide bonds. The second-order valence-corrected chi connectivity index (χ2v) is 18.3. The van der Waals surface area contributed by atoms with Crippen molar-refractivity contribution in [1.82, 2.24) is 30.2 Å². The first kappa shape index (κ1) is 38.8. The van der Waals surface area contributed by atoms with E-state index >= 15 is 0 Å². The molecule has 2 aromatic heterocycles. The van der Waals surface area contributed by atoms with Crippen molar-refractivity contribution in [1.29, 1.82) is 0 Å². The Morgan fingerprint density at radius 2 is 1.77 bits per heavy atom. The lowest BCUT2D eigenvalue weighted by molar-refractivity contribution is -0.153. The molecule has 57 heavy (non-hydrogen) atoms. The number of nitrogens with one attached hydrogen (secondary N) is 3. The van der Waals surface area contributed by atoms with Crippen molar-refractivity contribution < 1.29 is 46.6 Å². The standard InChI is InChI=1S/C39H44N6O10S2/c1-53-36(49)38(17-18-38)55-37(50)42-28-13-6-4-2-3-5-10-23-21-39(23,35(48)44-57(51,52)25-15-16-25)43-32(46)29-20-24(22-45(29)34(28)47)54-33-31(30-14-9-19-56-30)40-26-11-7-8-12-27(26)41-33/h5,7-12,14,19,23-25,28-29H,2-4,6,13,15-18,20-22H2,1H3,(H,42,50)(H,43,46)(H,44,48)/b10-5-/t23?,24-,28-,29+,39-/m1/s1. The minimum Gasteiger partial charge on any atom is -0.471 e. The third-order valence-corrected chi connectivity index (χ3v) is 14.0. The van der Waals surface area contributed by atoms with Crippen LogP contribution in [0.25, 0.3) is 21.6 Å². The van der Waals surface area contributed by atoms with Gasteiger partial charge in [-0.2, -0.15) is 0 Å². The summed E-state index contributed by atoms with van der Waals surface area (Å²) in [5.41, 5.74) is -1.23. The van der Waals surface area contributed by atoms with E-state index in [1.807, 2.05) is 47.9 Å². The van der Waals surface area contributed by atoms with Crippen LogP contribution in [0.1, 0.15) is 70.6 Å². The maximum atomic E-state index is 14.6. The van der Waals surface area contributed by atoms with Crippen LogP contribution < -0.4 is 20.1 Å². The number of carbonyl (C=O) groups excluding carboxylic acids is 5. The second kappa shape index (κ2) is 15.3. The SMILES string of the molecule is COC(=O)C1(OC(=O)N[C@@H]2CCCCC/C=C\C3C[C@@]3(C(=O)NS(=O)(=O)C3CC3)NC(=O)[C@@H]3C[C@@H](Oc4nc5ccccc5nc4-c4cccs4)CN3C2=O)CC1. The fraction of sp³-hybridized carbons (Fsp3) is 0.513. The van der Waals surface area contributed by atoms with Crippen molar-refractivity contribution in [2.75, 3.05) is 13.7 Å². The zero-order valence-electron chi connectivity index (χ0n) is 31.3. The molecule has 8 rings (SSSR count). The zero-order chi connectivity index (χ0) is 40.0. The molecule has 3 N–H and O–H groups in total. The number of allylic oxidation sites excluding steroid dienone is 1. The second-order valence-electron chi connectivity index (χ2n) is 15.4. The number of amides is 4. The molecule has 1 saturated heterocycles. The van der Waals surface area contributed by atoms with E-state index < -0.39 is 80.3 Å². The molecule has 16 nitrogen and oxygen atoms in total. The van der Waals surface area contributed by atoms with Crippen LogP contribution >= 0.6 is 11.3 Å². The fourth-order valence-corrected chi connectivity index (χ4v) is 9.71. The average Bonchev–Trinajstić information content (AvgIpc) is 4.16. The number of fused-ring (bicyclic) bond motifs is 3. The van der Waals surface area contributed by atoms with Crippen LogP contribution in [0, 0.1) is 5.92 Å². The number of methoxy groups -OCH3 is 1. The lowest BCUT2D eigenvalue weighted by Crippen LogP contribution is -2.58. The highest BCUT2D eigenvalue weighted by Gasteiger charge is 2.62. The number of alkyl carbamates (subject to hydrolysis) is 1. The van der Waals surface area contributed by atoms with E-state index in [4.69, 9.17) is 24.2 Å². The normalized spacial score (nSPS) is 27.7. The van der Waals surface area contributed by atoms with Crippen molar-refractivity contribution >= 4 is 62.2 Å². The number of sulfonamides is 1. The molecule has 1 unspecified atom stereocenters.